The van der Waals surface area contributed by atoms with E-state index in [4.69, 9.17) is 4.74 Å². The molecule has 0 bridgehead atoms. The number of imide groups is 1. The van der Waals surface area contributed by atoms with Crippen molar-refractivity contribution in [3.8, 4) is 11.5 Å². The van der Waals surface area contributed by atoms with E-state index in [1.807, 2.05) is 6.07 Å². The summed E-state index contributed by atoms with van der Waals surface area (Å²) >= 11 is 0. The van der Waals surface area contributed by atoms with Crippen LogP contribution < -0.4 is 14.8 Å². The summed E-state index contributed by atoms with van der Waals surface area (Å²) in [5.41, 5.74) is -1.05. The molecular weight excluding hydrogens is 377 g/mol. The molecule has 1 N–H and O–H groups in total. The van der Waals surface area contributed by atoms with Gasteiger partial charge in [-0.2, -0.15) is 0 Å². The highest BCUT2D eigenvalue weighted by atomic mass is 19.4. The van der Waals surface area contributed by atoms with Gasteiger partial charge in [0.25, 0.3) is 5.91 Å². The fourth-order valence-corrected chi connectivity index (χ4v) is 2.86. The van der Waals surface area contributed by atoms with Gasteiger partial charge in [0.15, 0.2) is 0 Å². The van der Waals surface area contributed by atoms with Gasteiger partial charge in [0.1, 0.15) is 23.6 Å². The van der Waals surface area contributed by atoms with Crippen molar-refractivity contribution < 1.29 is 32.2 Å². The van der Waals surface area contributed by atoms with Crippen molar-refractivity contribution in [2.24, 2.45) is 0 Å². The van der Waals surface area contributed by atoms with Crippen LogP contribution >= 0.6 is 0 Å². The third kappa shape index (κ3) is 4.19. The summed E-state index contributed by atoms with van der Waals surface area (Å²) in [6, 6.07) is 13.1. The lowest BCUT2D eigenvalue weighted by Crippen LogP contribution is -2.41. The van der Waals surface area contributed by atoms with Crippen molar-refractivity contribution >= 4 is 11.9 Å². The monoisotopic (exact) mass is 394 g/mol. The Labute approximate surface area is 158 Å². The zero-order valence-corrected chi connectivity index (χ0v) is 14.8. The average molecular weight is 394 g/mol. The molecule has 1 unspecified atom stereocenters. The molecule has 1 aliphatic heterocycles. The number of alkyl halides is 3. The van der Waals surface area contributed by atoms with Crippen molar-refractivity contribution in [2.45, 2.75) is 18.8 Å². The molecule has 0 spiro atoms. The van der Waals surface area contributed by atoms with Crippen LogP contribution in [-0.4, -0.2) is 36.4 Å². The molecule has 3 rings (SSSR count). The van der Waals surface area contributed by atoms with Crippen LogP contribution in [0.3, 0.4) is 0 Å². The van der Waals surface area contributed by atoms with Gasteiger partial charge in [0, 0.05) is 0 Å². The van der Waals surface area contributed by atoms with Gasteiger partial charge in [-0.1, -0.05) is 30.3 Å². The van der Waals surface area contributed by atoms with Gasteiger partial charge in [-0.15, -0.1) is 13.2 Å². The van der Waals surface area contributed by atoms with Crippen LogP contribution in [0.15, 0.2) is 54.6 Å². The molecule has 1 aliphatic rings. The van der Waals surface area contributed by atoms with Gasteiger partial charge in [-0.3, -0.25) is 9.69 Å². The van der Waals surface area contributed by atoms with E-state index in [1.165, 1.54) is 19.1 Å². The Balaban J connectivity index is 1.67. The van der Waals surface area contributed by atoms with Crippen LogP contribution in [0.5, 0.6) is 11.5 Å². The highest BCUT2D eigenvalue weighted by molar-refractivity contribution is 6.07. The number of hydrogen-bond donors (Lipinski definition) is 1. The Hall–Kier alpha value is -3.23. The van der Waals surface area contributed by atoms with Crippen LogP contribution in [0, 0.1) is 0 Å². The SMILES string of the molecule is CC1(c2ccc(OC(F)(F)F)cc2)NC(=O)N(CCOc2ccccc2)C1=O. The average Bonchev–Trinajstić information content (AvgIpc) is 2.86. The lowest BCUT2D eigenvalue weighted by molar-refractivity contribution is -0.274. The van der Waals surface area contributed by atoms with Gasteiger partial charge in [0.05, 0.1) is 6.54 Å². The number of para-hydroxylation sites is 1. The number of urea groups is 1. The number of benzene rings is 2. The Morgan fingerprint density at radius 1 is 1.00 bits per heavy atom. The molecule has 3 amide bonds. The van der Waals surface area contributed by atoms with Crippen LogP contribution in [-0.2, 0) is 10.3 Å². The first-order valence-electron chi connectivity index (χ1n) is 8.37. The second-order valence-corrected chi connectivity index (χ2v) is 6.25. The summed E-state index contributed by atoms with van der Waals surface area (Å²) < 4.78 is 46.1. The smallest absolute Gasteiger partial charge is 0.492 e. The molecule has 1 fully saturated rings. The summed E-state index contributed by atoms with van der Waals surface area (Å²) in [5.74, 6) is -0.319. The fraction of sp³-hybridized carbons (Fsp3) is 0.263. The van der Waals surface area contributed by atoms with E-state index >= 15 is 0 Å². The van der Waals surface area contributed by atoms with E-state index in [2.05, 4.69) is 10.1 Å². The van der Waals surface area contributed by atoms with E-state index < -0.39 is 29.6 Å². The summed E-state index contributed by atoms with van der Waals surface area (Å²) in [7, 11) is 0. The molecule has 1 saturated heterocycles. The number of halogens is 3. The summed E-state index contributed by atoms with van der Waals surface area (Å²) in [6.45, 7) is 1.63. The van der Waals surface area contributed by atoms with Crippen LogP contribution in [0.25, 0.3) is 0 Å². The maximum atomic E-state index is 12.8. The second-order valence-electron chi connectivity index (χ2n) is 6.25. The summed E-state index contributed by atoms with van der Waals surface area (Å²) in [4.78, 5) is 26.0. The van der Waals surface area contributed by atoms with Crippen LogP contribution in [0.4, 0.5) is 18.0 Å². The van der Waals surface area contributed by atoms with Gasteiger partial charge < -0.3 is 14.8 Å². The normalized spacial score (nSPS) is 19.5. The molecule has 1 heterocycles. The Kier molecular flexibility index (Phi) is 5.17. The van der Waals surface area contributed by atoms with Crippen LogP contribution in [0.1, 0.15) is 12.5 Å². The lowest BCUT2D eigenvalue weighted by atomic mass is 9.92. The number of nitrogens with zero attached hydrogens (tertiary/aromatic N) is 1. The zero-order chi connectivity index (χ0) is 20.4. The molecule has 9 heteroatoms. The minimum absolute atomic E-state index is 0.0322. The second kappa shape index (κ2) is 7.41. The minimum atomic E-state index is -4.81. The molecule has 0 radical (unpaired) electrons. The molecule has 1 atom stereocenters. The van der Waals surface area contributed by atoms with E-state index in [0.29, 0.717) is 11.3 Å². The van der Waals surface area contributed by atoms with Gasteiger partial charge in [0.2, 0.25) is 0 Å². The predicted molar refractivity (Wildman–Crippen MR) is 92.7 cm³/mol. The number of rotatable bonds is 6. The maximum absolute atomic E-state index is 12.8. The lowest BCUT2D eigenvalue weighted by Gasteiger charge is -2.22. The Bertz CT molecular complexity index is 856. The van der Waals surface area contributed by atoms with Crippen molar-refractivity contribution in [1.29, 1.82) is 0 Å². The number of carbonyl (C=O) groups is 2. The number of carbonyl (C=O) groups excluding carboxylic acids is 2. The molecule has 0 saturated carbocycles. The number of nitrogens with one attached hydrogen (secondary N) is 1. The number of hydrogen-bond acceptors (Lipinski definition) is 4. The number of amides is 3. The zero-order valence-electron chi connectivity index (χ0n) is 14.8. The quantitative estimate of drug-likeness (QED) is 0.763. The predicted octanol–water partition coefficient (Wildman–Crippen LogP) is 3.43. The Morgan fingerprint density at radius 3 is 2.25 bits per heavy atom. The fourth-order valence-electron chi connectivity index (χ4n) is 2.86. The van der Waals surface area contributed by atoms with Gasteiger partial charge in [-0.05, 0) is 36.8 Å². The molecule has 28 heavy (non-hydrogen) atoms. The highest BCUT2D eigenvalue weighted by Crippen LogP contribution is 2.31. The molecule has 6 nitrogen and oxygen atoms in total. The van der Waals surface area contributed by atoms with Crippen molar-refractivity contribution in [1.82, 2.24) is 10.2 Å². The third-order valence-electron chi connectivity index (χ3n) is 4.27. The van der Waals surface area contributed by atoms with Crippen molar-refractivity contribution in [3.63, 3.8) is 0 Å². The molecule has 2 aromatic rings. The van der Waals surface area contributed by atoms with Gasteiger partial charge >= 0.3 is 12.4 Å². The summed E-state index contributed by atoms with van der Waals surface area (Å²) in [6.07, 6.45) is -4.81. The van der Waals surface area contributed by atoms with Crippen molar-refractivity contribution in [3.05, 3.63) is 60.2 Å². The third-order valence-corrected chi connectivity index (χ3v) is 4.27. The molecule has 148 valence electrons. The van der Waals surface area contributed by atoms with Crippen LogP contribution in [0.2, 0.25) is 0 Å². The standard InChI is InChI=1S/C19H17F3N2O4/c1-18(13-7-9-15(10-8-13)28-19(20,21)22)16(25)24(17(26)23-18)11-12-27-14-5-3-2-4-6-14/h2-10H,11-12H2,1H3,(H,23,26). The Morgan fingerprint density at radius 2 is 1.64 bits per heavy atom. The van der Waals surface area contributed by atoms with E-state index in [-0.39, 0.29) is 13.2 Å². The van der Waals surface area contributed by atoms with E-state index in [9.17, 15) is 22.8 Å². The topological polar surface area (TPSA) is 67.9 Å². The van der Waals surface area contributed by atoms with Gasteiger partial charge in [-0.25, -0.2) is 4.79 Å². The molecule has 0 aromatic heterocycles. The summed E-state index contributed by atoms with van der Waals surface area (Å²) in [5, 5.41) is 2.58. The minimum Gasteiger partial charge on any atom is -0.492 e. The number of ether oxygens (including phenoxy) is 2. The van der Waals surface area contributed by atoms with E-state index in [0.717, 1.165) is 17.0 Å². The highest BCUT2D eigenvalue weighted by Gasteiger charge is 2.48. The first-order chi connectivity index (χ1) is 13.2. The largest absolute Gasteiger partial charge is 0.573 e. The molecular formula is C19H17F3N2O4. The van der Waals surface area contributed by atoms with E-state index in [1.54, 1.807) is 24.3 Å². The first kappa shape index (κ1) is 19.5. The van der Waals surface area contributed by atoms with Crippen molar-refractivity contribution in [2.75, 3.05) is 13.2 Å². The molecule has 0 aliphatic carbocycles. The molecule has 2 aromatic carbocycles. The maximum Gasteiger partial charge on any atom is 0.573 e. The first-order valence-corrected chi connectivity index (χ1v) is 8.37.